The van der Waals surface area contributed by atoms with Crippen molar-refractivity contribution >= 4 is 30.8 Å². The Labute approximate surface area is 69.5 Å². The zero-order valence-electron chi connectivity index (χ0n) is 5.42. The van der Waals surface area contributed by atoms with Crippen LogP contribution in [0, 0.1) is 0 Å². The first-order valence-electron chi connectivity index (χ1n) is 2.74. The van der Waals surface area contributed by atoms with Crippen molar-refractivity contribution in [1.82, 2.24) is 0 Å². The second-order valence-electron chi connectivity index (χ2n) is 1.96. The van der Waals surface area contributed by atoms with Crippen LogP contribution in [0.5, 0.6) is 0 Å². The Morgan fingerprint density at radius 1 is 1.50 bits per heavy atom. The van der Waals surface area contributed by atoms with Crippen molar-refractivity contribution in [3.63, 3.8) is 0 Å². The van der Waals surface area contributed by atoms with Crippen molar-refractivity contribution in [2.45, 2.75) is 23.8 Å². The van der Waals surface area contributed by atoms with Crippen LogP contribution in [0.1, 0.15) is 19.8 Å². The summed E-state index contributed by atoms with van der Waals surface area (Å²) in [6, 6.07) is 0. The molecule has 0 aliphatic carbocycles. The van der Waals surface area contributed by atoms with Crippen LogP contribution in [0.15, 0.2) is 0 Å². The molecule has 0 saturated carbocycles. The molecule has 2 N–H and O–H groups in total. The first kappa shape index (κ1) is 10.7. The van der Waals surface area contributed by atoms with E-state index in [9.17, 15) is 4.57 Å². The van der Waals surface area contributed by atoms with Crippen molar-refractivity contribution < 1.29 is 14.4 Å². The lowest BCUT2D eigenvalue weighted by molar-refractivity contribution is 0.361. The topological polar surface area (TPSA) is 57.5 Å². The highest BCUT2D eigenvalue weighted by atomic mass is 35.5. The number of hydrogen-bond donors (Lipinski definition) is 2. The molecule has 0 aliphatic heterocycles. The van der Waals surface area contributed by atoms with Gasteiger partial charge >= 0.3 is 7.60 Å². The van der Waals surface area contributed by atoms with E-state index in [1.165, 1.54) is 0 Å². The monoisotopic (exact) mass is 206 g/mol. The van der Waals surface area contributed by atoms with Crippen LogP contribution in [-0.2, 0) is 4.57 Å². The Morgan fingerprint density at radius 3 is 2.00 bits per heavy atom. The summed E-state index contributed by atoms with van der Waals surface area (Å²) in [6.07, 6.45) is 0.637. The smallest absolute Gasteiger partial charge is 0.322 e. The highest BCUT2D eigenvalue weighted by molar-refractivity contribution is 7.58. The Hall–Kier alpha value is 0.730. The van der Waals surface area contributed by atoms with Crippen LogP contribution in [-0.4, -0.2) is 13.9 Å². The van der Waals surface area contributed by atoms with Crippen LogP contribution >= 0.6 is 30.8 Å². The fourth-order valence-corrected chi connectivity index (χ4v) is 1.34. The maximum Gasteiger partial charge on any atom is 0.361 e. The molecule has 3 nitrogen and oxygen atoms in total. The van der Waals surface area contributed by atoms with E-state index in [4.69, 9.17) is 33.0 Å². The molecule has 0 aromatic heterocycles. The van der Waals surface area contributed by atoms with Gasteiger partial charge in [-0.15, -0.1) is 0 Å². The van der Waals surface area contributed by atoms with Gasteiger partial charge in [0.15, 0.2) is 0 Å². The van der Waals surface area contributed by atoms with Gasteiger partial charge in [-0.1, -0.05) is 36.5 Å². The first-order chi connectivity index (χ1) is 4.31. The molecule has 0 heterocycles. The zero-order valence-corrected chi connectivity index (χ0v) is 7.83. The molecule has 0 fully saturated rings. The molecule has 0 unspecified atom stereocenters. The predicted molar refractivity (Wildman–Crippen MR) is 41.4 cm³/mol. The van der Waals surface area contributed by atoms with Crippen LogP contribution in [0.2, 0.25) is 0 Å². The van der Waals surface area contributed by atoms with Gasteiger partial charge in [0, 0.05) is 0 Å². The van der Waals surface area contributed by atoms with E-state index in [1.807, 2.05) is 0 Å². The maximum absolute atomic E-state index is 10.5. The lowest BCUT2D eigenvalue weighted by atomic mass is 10.4. The van der Waals surface area contributed by atoms with Gasteiger partial charge in [0.25, 0.3) is 0 Å². The Balaban J connectivity index is 4.25. The van der Waals surface area contributed by atoms with E-state index in [1.54, 1.807) is 6.92 Å². The largest absolute Gasteiger partial charge is 0.361 e. The van der Waals surface area contributed by atoms with Crippen molar-refractivity contribution in [1.29, 1.82) is 0 Å². The third kappa shape index (κ3) is 2.77. The third-order valence-electron chi connectivity index (χ3n) is 0.977. The molecule has 6 heteroatoms. The summed E-state index contributed by atoms with van der Waals surface area (Å²) in [5.41, 5.74) is 0. The molecule has 0 aromatic carbocycles. The van der Waals surface area contributed by atoms with E-state index in [-0.39, 0.29) is 6.42 Å². The summed E-state index contributed by atoms with van der Waals surface area (Å²) in [4.78, 5) is 17.0. The number of hydrogen-bond acceptors (Lipinski definition) is 1. The van der Waals surface area contributed by atoms with E-state index in [0.717, 1.165) is 0 Å². The fourth-order valence-electron chi connectivity index (χ4n) is 0.446. The molecule has 0 saturated heterocycles. The van der Waals surface area contributed by atoms with Crippen LogP contribution in [0.3, 0.4) is 0 Å². The standard InChI is InChI=1S/C4H9Cl2O3P/c1-2-3-4(5,6)10(7,8)9/h2-3H2,1H3,(H2,7,8,9). The number of rotatable bonds is 3. The summed E-state index contributed by atoms with van der Waals surface area (Å²) in [5, 5.41) is 0. The average molecular weight is 207 g/mol. The predicted octanol–water partition coefficient (Wildman–Crippen LogP) is 2.10. The normalized spacial score (nSPS) is 13.7. The summed E-state index contributed by atoms with van der Waals surface area (Å²) in [6.45, 7) is 1.75. The first-order valence-corrected chi connectivity index (χ1v) is 5.11. The van der Waals surface area contributed by atoms with E-state index >= 15 is 0 Å². The summed E-state index contributed by atoms with van der Waals surface area (Å²) in [5.74, 6) is 0. The molecule has 0 bridgehead atoms. The molecular formula is C4H9Cl2O3P. The van der Waals surface area contributed by atoms with Gasteiger partial charge in [0.05, 0.1) is 0 Å². The molecule has 0 amide bonds. The minimum absolute atomic E-state index is 0.0976. The summed E-state index contributed by atoms with van der Waals surface area (Å²) in [7, 11) is -4.35. The number of alkyl halides is 2. The highest BCUT2D eigenvalue weighted by Crippen LogP contribution is 2.58. The number of halogens is 2. The van der Waals surface area contributed by atoms with Crippen LogP contribution in [0.4, 0.5) is 0 Å². The van der Waals surface area contributed by atoms with Gasteiger partial charge in [0.1, 0.15) is 0 Å². The zero-order chi connectivity index (χ0) is 8.41. The third-order valence-corrected chi connectivity index (χ3v) is 3.75. The average Bonchev–Trinajstić information content (AvgIpc) is 1.61. The fraction of sp³-hybridized carbons (Fsp3) is 1.00. The Morgan fingerprint density at radius 2 is 1.90 bits per heavy atom. The van der Waals surface area contributed by atoms with Gasteiger partial charge in [-0.2, -0.15) is 0 Å². The van der Waals surface area contributed by atoms with Gasteiger partial charge in [-0.3, -0.25) is 4.57 Å². The molecule has 0 aliphatic rings. The second kappa shape index (κ2) is 3.42. The lowest BCUT2D eigenvalue weighted by Gasteiger charge is -2.19. The SMILES string of the molecule is CCCC(Cl)(Cl)P(=O)(O)O. The van der Waals surface area contributed by atoms with Gasteiger partial charge < -0.3 is 9.79 Å². The van der Waals surface area contributed by atoms with E-state index < -0.39 is 11.7 Å². The Bertz CT molecular complexity index is 153. The van der Waals surface area contributed by atoms with Crippen molar-refractivity contribution in [2.75, 3.05) is 0 Å². The second-order valence-corrected chi connectivity index (χ2v) is 5.82. The van der Waals surface area contributed by atoms with Gasteiger partial charge in [-0.25, -0.2) is 0 Å². The minimum Gasteiger partial charge on any atom is -0.322 e. The summed E-state index contributed by atoms with van der Waals surface area (Å²) < 4.78 is 8.57. The minimum atomic E-state index is -4.35. The molecule has 0 aromatic rings. The highest BCUT2D eigenvalue weighted by Gasteiger charge is 2.42. The van der Waals surface area contributed by atoms with E-state index in [2.05, 4.69) is 0 Å². The maximum atomic E-state index is 10.5. The van der Waals surface area contributed by atoms with Crippen molar-refractivity contribution in [3.05, 3.63) is 0 Å². The molecule has 0 spiro atoms. The van der Waals surface area contributed by atoms with E-state index in [0.29, 0.717) is 6.42 Å². The molecule has 0 radical (unpaired) electrons. The van der Waals surface area contributed by atoms with Crippen molar-refractivity contribution in [3.8, 4) is 0 Å². The molecule has 62 valence electrons. The lowest BCUT2D eigenvalue weighted by Crippen LogP contribution is -2.11. The van der Waals surface area contributed by atoms with Gasteiger partial charge in [-0.05, 0) is 6.42 Å². The molecule has 0 rings (SSSR count). The molecule has 10 heavy (non-hydrogen) atoms. The van der Waals surface area contributed by atoms with Crippen molar-refractivity contribution in [2.24, 2.45) is 0 Å². The molecule has 0 atom stereocenters. The quantitative estimate of drug-likeness (QED) is 0.550. The molecular weight excluding hydrogens is 198 g/mol. The van der Waals surface area contributed by atoms with Crippen LogP contribution in [0.25, 0.3) is 0 Å². The van der Waals surface area contributed by atoms with Crippen LogP contribution < -0.4 is 0 Å². The summed E-state index contributed by atoms with van der Waals surface area (Å²) >= 11 is 10.6. The van der Waals surface area contributed by atoms with Gasteiger partial charge in [0.2, 0.25) is 4.07 Å². The Kier molecular flexibility index (Phi) is 3.67.